The van der Waals surface area contributed by atoms with Gasteiger partial charge in [-0.05, 0) is 28.7 Å². The highest BCUT2D eigenvalue weighted by Gasteiger charge is 2.29. The third kappa shape index (κ3) is 5.46. The Bertz CT molecular complexity index is 1180. The molecule has 0 unspecified atom stereocenters. The first-order valence-electron chi connectivity index (χ1n) is 11.4. The highest BCUT2D eigenvalue weighted by atomic mass is 16.5. The number of carbonyl (C=O) groups is 3. The number of aromatic carboxylic acids is 1. The van der Waals surface area contributed by atoms with E-state index in [1.165, 1.54) is 12.4 Å². The number of alkyl carbamates (subject to hydrolysis) is 1. The van der Waals surface area contributed by atoms with Crippen LogP contribution in [0.4, 0.5) is 4.79 Å². The van der Waals surface area contributed by atoms with E-state index in [1.54, 1.807) is 0 Å². The summed E-state index contributed by atoms with van der Waals surface area (Å²) < 4.78 is 5.55. The molecule has 2 amide bonds. The molecule has 0 radical (unpaired) electrons. The van der Waals surface area contributed by atoms with E-state index in [4.69, 9.17) is 9.84 Å². The highest BCUT2D eigenvalue weighted by molar-refractivity contribution is 5.87. The summed E-state index contributed by atoms with van der Waals surface area (Å²) in [5, 5.41) is 14.3. The third-order valence-electron chi connectivity index (χ3n) is 5.90. The van der Waals surface area contributed by atoms with Crippen molar-refractivity contribution in [1.82, 2.24) is 20.6 Å². The maximum atomic E-state index is 12.7. The average Bonchev–Trinajstić information content (AvgIpc) is 3.19. The Morgan fingerprint density at radius 3 is 2.17 bits per heavy atom. The number of carboxylic acid groups (broad SMARTS) is 1. The molecule has 1 atom stereocenters. The van der Waals surface area contributed by atoms with Crippen molar-refractivity contribution in [3.63, 3.8) is 0 Å². The van der Waals surface area contributed by atoms with Crippen molar-refractivity contribution in [2.24, 2.45) is 0 Å². The van der Waals surface area contributed by atoms with E-state index >= 15 is 0 Å². The van der Waals surface area contributed by atoms with E-state index in [0.29, 0.717) is 12.8 Å². The van der Waals surface area contributed by atoms with Crippen molar-refractivity contribution < 1.29 is 24.2 Å². The quantitative estimate of drug-likeness (QED) is 0.433. The van der Waals surface area contributed by atoms with Gasteiger partial charge in [0, 0.05) is 18.3 Å². The lowest BCUT2D eigenvalue weighted by atomic mass is 9.98. The summed E-state index contributed by atoms with van der Waals surface area (Å²) in [6, 6.07) is 15.4. The average molecular weight is 475 g/mol. The molecule has 4 rings (SSSR count). The minimum absolute atomic E-state index is 0.00527. The van der Waals surface area contributed by atoms with Gasteiger partial charge in [0.15, 0.2) is 0 Å². The SMILES string of the molecule is CCC[C@H](NC(=O)OCC1c2ccccc2-c2ccccc21)C(=O)NCc1ncc(C(=O)O)cn1. The number of hydrogen-bond donors (Lipinski definition) is 3. The van der Waals surface area contributed by atoms with Crippen LogP contribution in [-0.4, -0.2) is 45.7 Å². The number of rotatable bonds is 9. The van der Waals surface area contributed by atoms with Gasteiger partial charge in [-0.25, -0.2) is 19.6 Å². The van der Waals surface area contributed by atoms with Gasteiger partial charge < -0.3 is 20.5 Å². The summed E-state index contributed by atoms with van der Waals surface area (Å²) in [7, 11) is 0. The van der Waals surface area contributed by atoms with Crippen molar-refractivity contribution in [3.05, 3.63) is 83.4 Å². The van der Waals surface area contributed by atoms with Crippen LogP contribution in [0.25, 0.3) is 11.1 Å². The fraction of sp³-hybridized carbons (Fsp3) is 0.269. The zero-order valence-electron chi connectivity index (χ0n) is 19.2. The predicted octanol–water partition coefficient (Wildman–Crippen LogP) is 3.50. The van der Waals surface area contributed by atoms with E-state index < -0.39 is 24.0 Å². The molecule has 180 valence electrons. The van der Waals surface area contributed by atoms with Gasteiger partial charge >= 0.3 is 12.1 Å². The molecule has 1 aromatic heterocycles. The van der Waals surface area contributed by atoms with Gasteiger partial charge in [-0.1, -0.05) is 61.9 Å². The number of nitrogens with zero attached hydrogens (tertiary/aromatic N) is 2. The van der Waals surface area contributed by atoms with Crippen LogP contribution in [0.2, 0.25) is 0 Å². The second-order valence-electron chi connectivity index (χ2n) is 8.22. The molecule has 0 saturated carbocycles. The first-order chi connectivity index (χ1) is 17.0. The largest absolute Gasteiger partial charge is 0.478 e. The van der Waals surface area contributed by atoms with Crippen molar-refractivity contribution in [2.75, 3.05) is 6.61 Å². The van der Waals surface area contributed by atoms with Crippen LogP contribution < -0.4 is 10.6 Å². The first kappa shape index (κ1) is 23.9. The molecule has 1 aliphatic carbocycles. The summed E-state index contributed by atoms with van der Waals surface area (Å²) in [6.07, 6.45) is 2.79. The lowest BCUT2D eigenvalue weighted by Crippen LogP contribution is -2.47. The Labute approximate surface area is 202 Å². The number of nitrogens with one attached hydrogen (secondary N) is 2. The highest BCUT2D eigenvalue weighted by Crippen LogP contribution is 2.44. The molecule has 35 heavy (non-hydrogen) atoms. The van der Waals surface area contributed by atoms with Gasteiger partial charge in [0.2, 0.25) is 5.91 Å². The molecule has 1 heterocycles. The number of aromatic nitrogens is 2. The number of hydrogen-bond acceptors (Lipinski definition) is 6. The van der Waals surface area contributed by atoms with E-state index in [1.807, 2.05) is 43.3 Å². The molecule has 9 heteroatoms. The lowest BCUT2D eigenvalue weighted by Gasteiger charge is -2.19. The second kappa shape index (κ2) is 10.8. The lowest BCUT2D eigenvalue weighted by molar-refractivity contribution is -0.123. The monoisotopic (exact) mass is 474 g/mol. The Balaban J connectivity index is 1.34. The normalized spacial score (nSPS) is 12.8. The van der Waals surface area contributed by atoms with Crippen LogP contribution in [0.3, 0.4) is 0 Å². The van der Waals surface area contributed by atoms with Crippen LogP contribution in [0.15, 0.2) is 60.9 Å². The molecule has 0 fully saturated rings. The van der Waals surface area contributed by atoms with Crippen LogP contribution in [0.5, 0.6) is 0 Å². The third-order valence-corrected chi connectivity index (χ3v) is 5.90. The second-order valence-corrected chi connectivity index (χ2v) is 8.22. The summed E-state index contributed by atoms with van der Waals surface area (Å²) >= 11 is 0. The molecule has 0 spiro atoms. The Morgan fingerprint density at radius 2 is 1.60 bits per heavy atom. The summed E-state index contributed by atoms with van der Waals surface area (Å²) in [6.45, 7) is 2.07. The smallest absolute Gasteiger partial charge is 0.407 e. The number of ether oxygens (including phenoxy) is 1. The molecule has 9 nitrogen and oxygen atoms in total. The molecule has 1 aliphatic rings. The van der Waals surface area contributed by atoms with Gasteiger partial charge in [-0.3, -0.25) is 4.79 Å². The van der Waals surface area contributed by atoms with Gasteiger partial charge in [0.1, 0.15) is 18.5 Å². The summed E-state index contributed by atoms with van der Waals surface area (Å²) in [5.74, 6) is -1.33. The minimum atomic E-state index is -1.13. The first-order valence-corrected chi connectivity index (χ1v) is 11.4. The van der Waals surface area contributed by atoms with E-state index in [9.17, 15) is 14.4 Å². The van der Waals surface area contributed by atoms with Gasteiger partial charge in [-0.2, -0.15) is 0 Å². The Morgan fingerprint density at radius 1 is 1.00 bits per heavy atom. The van der Waals surface area contributed by atoms with Crippen LogP contribution in [0, 0.1) is 0 Å². The standard InChI is InChI=1S/C26H26N4O5/c1-2-7-22(24(31)29-14-23-27-12-16(13-28-23)25(32)33)30-26(34)35-15-21-19-10-5-3-8-17(19)18-9-4-6-11-20(18)21/h3-6,8-13,21-22H,2,7,14-15H2,1H3,(H,29,31)(H,30,34)(H,32,33)/t22-/m0/s1. The molecule has 0 bridgehead atoms. The fourth-order valence-corrected chi connectivity index (χ4v) is 4.19. The predicted molar refractivity (Wildman–Crippen MR) is 128 cm³/mol. The molecular weight excluding hydrogens is 448 g/mol. The van der Waals surface area contributed by atoms with Crippen molar-refractivity contribution in [2.45, 2.75) is 38.3 Å². The topological polar surface area (TPSA) is 131 Å². The molecule has 3 N–H and O–H groups in total. The minimum Gasteiger partial charge on any atom is -0.478 e. The van der Waals surface area contributed by atoms with Crippen LogP contribution in [-0.2, 0) is 16.1 Å². The number of carboxylic acids is 1. The van der Waals surface area contributed by atoms with E-state index in [0.717, 1.165) is 22.3 Å². The van der Waals surface area contributed by atoms with E-state index in [2.05, 4.69) is 32.7 Å². The number of fused-ring (bicyclic) bond motifs is 3. The fourth-order valence-electron chi connectivity index (χ4n) is 4.19. The van der Waals surface area contributed by atoms with E-state index in [-0.39, 0.29) is 30.5 Å². The van der Waals surface area contributed by atoms with Crippen molar-refractivity contribution >= 4 is 18.0 Å². The van der Waals surface area contributed by atoms with Gasteiger partial charge in [-0.15, -0.1) is 0 Å². The van der Waals surface area contributed by atoms with Crippen molar-refractivity contribution in [1.29, 1.82) is 0 Å². The molecule has 0 aliphatic heterocycles. The zero-order valence-corrected chi connectivity index (χ0v) is 19.2. The number of benzene rings is 2. The molecule has 0 saturated heterocycles. The Kier molecular flexibility index (Phi) is 7.35. The number of carbonyl (C=O) groups excluding carboxylic acids is 2. The number of amides is 2. The summed E-state index contributed by atoms with van der Waals surface area (Å²) in [4.78, 5) is 44.0. The molecule has 2 aromatic carbocycles. The van der Waals surface area contributed by atoms with Gasteiger partial charge in [0.25, 0.3) is 0 Å². The maximum Gasteiger partial charge on any atom is 0.407 e. The molecule has 3 aromatic rings. The van der Waals surface area contributed by atoms with Crippen LogP contribution >= 0.6 is 0 Å². The van der Waals surface area contributed by atoms with Crippen LogP contribution in [0.1, 0.15) is 53.0 Å². The van der Waals surface area contributed by atoms with Crippen molar-refractivity contribution in [3.8, 4) is 11.1 Å². The summed E-state index contributed by atoms with van der Waals surface area (Å²) in [5.41, 5.74) is 4.45. The Hall–Kier alpha value is -4.27. The van der Waals surface area contributed by atoms with Gasteiger partial charge in [0.05, 0.1) is 12.1 Å². The zero-order chi connectivity index (χ0) is 24.8. The molecular formula is C26H26N4O5. The maximum absolute atomic E-state index is 12.7.